The Morgan fingerprint density at radius 1 is 1.59 bits per heavy atom. The molecule has 0 saturated heterocycles. The predicted octanol–water partition coefficient (Wildman–Crippen LogP) is 0.892. The highest BCUT2D eigenvalue weighted by atomic mass is 16.4. The summed E-state index contributed by atoms with van der Waals surface area (Å²) in [5, 5.41) is 18.8. The lowest BCUT2D eigenvalue weighted by atomic mass is 10.4. The Morgan fingerprint density at radius 2 is 2.18 bits per heavy atom. The van der Waals surface area contributed by atoms with Gasteiger partial charge in [-0.3, -0.25) is 4.98 Å². The first kappa shape index (κ1) is 14.7. The molecule has 0 unspecified atom stereocenters. The molecule has 94 valence electrons. The summed E-state index contributed by atoms with van der Waals surface area (Å²) in [5.74, 6) is 0.0931. The smallest absolute Gasteiger partial charge is 0.404 e. The second kappa shape index (κ2) is 7.91. The standard InChI is InChI=1S/C8H11N3O.C2H5NO2/c1-11(2)6-10-7-3-4-9-5-8(7)12;1-3-2(4)5/h3-6,12H,1-2H3;3H,1H3,(H,4,5)/b10-6+;. The molecular weight excluding hydrogens is 224 g/mol. The number of nitrogens with zero attached hydrogens (tertiary/aromatic N) is 3. The second-order valence-corrected chi connectivity index (χ2v) is 3.13. The van der Waals surface area contributed by atoms with E-state index in [1.807, 2.05) is 19.4 Å². The van der Waals surface area contributed by atoms with Crippen molar-refractivity contribution in [2.24, 2.45) is 4.99 Å². The Hall–Kier alpha value is -2.31. The average Bonchev–Trinajstić information content (AvgIpc) is 2.28. The van der Waals surface area contributed by atoms with Gasteiger partial charge in [0.15, 0.2) is 5.75 Å². The number of aliphatic imine (C=N–C) groups is 1. The molecule has 3 N–H and O–H groups in total. The van der Waals surface area contributed by atoms with Gasteiger partial charge < -0.3 is 20.4 Å². The van der Waals surface area contributed by atoms with Gasteiger partial charge in [-0.25, -0.2) is 9.79 Å². The zero-order valence-corrected chi connectivity index (χ0v) is 9.95. The van der Waals surface area contributed by atoms with E-state index < -0.39 is 6.09 Å². The molecule has 0 bridgehead atoms. The van der Waals surface area contributed by atoms with Crippen molar-refractivity contribution >= 4 is 18.1 Å². The number of aromatic hydroxyl groups is 1. The first-order valence-electron chi connectivity index (χ1n) is 4.71. The molecule has 0 spiro atoms. The molecule has 0 fully saturated rings. The molecule has 0 atom stereocenters. The fraction of sp³-hybridized carbons (Fsp3) is 0.300. The average molecular weight is 240 g/mol. The molecule has 1 aromatic heterocycles. The summed E-state index contributed by atoms with van der Waals surface area (Å²) in [6.07, 6.45) is 3.57. The van der Waals surface area contributed by atoms with Crippen LogP contribution in [0.3, 0.4) is 0 Å². The SMILES string of the molecule is CN(C)/C=N/c1ccncc1O.CNC(=O)O. The molecule has 1 rings (SSSR count). The van der Waals surface area contributed by atoms with Gasteiger partial charge in [0, 0.05) is 27.3 Å². The van der Waals surface area contributed by atoms with Crippen molar-refractivity contribution < 1.29 is 15.0 Å². The molecule has 7 heteroatoms. The molecule has 0 saturated carbocycles. The summed E-state index contributed by atoms with van der Waals surface area (Å²) in [6.45, 7) is 0. The Morgan fingerprint density at radius 3 is 2.59 bits per heavy atom. The zero-order chi connectivity index (χ0) is 13.3. The largest absolute Gasteiger partial charge is 0.504 e. The van der Waals surface area contributed by atoms with E-state index in [9.17, 15) is 9.90 Å². The van der Waals surface area contributed by atoms with Crippen molar-refractivity contribution in [3.8, 4) is 5.75 Å². The monoisotopic (exact) mass is 240 g/mol. The highest BCUT2D eigenvalue weighted by molar-refractivity contribution is 5.64. The Labute approximate surface area is 99.4 Å². The minimum Gasteiger partial charge on any atom is -0.504 e. The van der Waals surface area contributed by atoms with E-state index in [1.165, 1.54) is 13.2 Å². The Kier molecular flexibility index (Phi) is 6.84. The van der Waals surface area contributed by atoms with E-state index in [-0.39, 0.29) is 5.75 Å². The third-order valence-corrected chi connectivity index (χ3v) is 1.42. The van der Waals surface area contributed by atoms with Gasteiger partial charge in [-0.2, -0.15) is 0 Å². The fourth-order valence-corrected chi connectivity index (χ4v) is 0.666. The summed E-state index contributed by atoms with van der Waals surface area (Å²) in [5.41, 5.74) is 0.527. The van der Waals surface area contributed by atoms with Crippen molar-refractivity contribution in [1.29, 1.82) is 0 Å². The number of rotatable bonds is 2. The maximum absolute atomic E-state index is 9.26. The summed E-state index contributed by atoms with van der Waals surface area (Å²) in [7, 11) is 5.08. The van der Waals surface area contributed by atoms with Crippen LogP contribution in [0.5, 0.6) is 5.75 Å². The molecule has 17 heavy (non-hydrogen) atoms. The molecule has 7 nitrogen and oxygen atoms in total. The van der Waals surface area contributed by atoms with Gasteiger partial charge in [-0.15, -0.1) is 0 Å². The topological polar surface area (TPSA) is 98.0 Å². The molecule has 1 heterocycles. The van der Waals surface area contributed by atoms with Crippen molar-refractivity contribution in [3.05, 3.63) is 18.5 Å². The highest BCUT2D eigenvalue weighted by Crippen LogP contribution is 2.22. The Balaban J connectivity index is 0.000000437. The maximum Gasteiger partial charge on any atom is 0.404 e. The highest BCUT2D eigenvalue weighted by Gasteiger charge is 1.94. The van der Waals surface area contributed by atoms with Crippen LogP contribution in [-0.4, -0.2) is 53.7 Å². The van der Waals surface area contributed by atoms with Gasteiger partial charge in [0.2, 0.25) is 0 Å². The van der Waals surface area contributed by atoms with Crippen LogP contribution in [-0.2, 0) is 0 Å². The van der Waals surface area contributed by atoms with Crippen LogP contribution in [0, 0.1) is 0 Å². The number of hydrogen-bond acceptors (Lipinski definition) is 4. The minimum absolute atomic E-state index is 0.0931. The lowest BCUT2D eigenvalue weighted by Crippen LogP contribution is -2.13. The Bertz CT molecular complexity index is 380. The van der Waals surface area contributed by atoms with E-state index in [0.29, 0.717) is 5.69 Å². The van der Waals surface area contributed by atoms with E-state index in [2.05, 4.69) is 9.98 Å². The summed E-state index contributed by atoms with van der Waals surface area (Å²) >= 11 is 0. The van der Waals surface area contributed by atoms with Gasteiger partial charge in [0.1, 0.15) is 5.69 Å². The summed E-state index contributed by atoms with van der Waals surface area (Å²) in [6, 6.07) is 1.65. The number of pyridine rings is 1. The van der Waals surface area contributed by atoms with Crippen LogP contribution in [0.15, 0.2) is 23.5 Å². The first-order chi connectivity index (χ1) is 7.97. The number of aromatic nitrogens is 1. The van der Waals surface area contributed by atoms with Crippen molar-refractivity contribution in [3.63, 3.8) is 0 Å². The van der Waals surface area contributed by atoms with Crippen LogP contribution in [0.2, 0.25) is 0 Å². The van der Waals surface area contributed by atoms with E-state index in [0.717, 1.165) is 0 Å². The van der Waals surface area contributed by atoms with Gasteiger partial charge in [0.25, 0.3) is 0 Å². The van der Waals surface area contributed by atoms with E-state index in [4.69, 9.17) is 5.11 Å². The van der Waals surface area contributed by atoms with Crippen molar-refractivity contribution in [2.75, 3.05) is 21.1 Å². The molecule has 0 aliphatic heterocycles. The summed E-state index contributed by atoms with van der Waals surface area (Å²) in [4.78, 5) is 18.8. The number of hydrogen-bond donors (Lipinski definition) is 3. The number of nitrogens with one attached hydrogen (secondary N) is 1. The lowest BCUT2D eigenvalue weighted by Gasteiger charge is -2.02. The van der Waals surface area contributed by atoms with Crippen LogP contribution < -0.4 is 5.32 Å². The lowest BCUT2D eigenvalue weighted by molar-refractivity contribution is 0.197. The van der Waals surface area contributed by atoms with Crippen LogP contribution in [0.4, 0.5) is 10.5 Å². The minimum atomic E-state index is -0.995. The van der Waals surface area contributed by atoms with Crippen LogP contribution in [0.1, 0.15) is 0 Å². The number of carboxylic acid groups (broad SMARTS) is 1. The molecule has 1 amide bonds. The number of amides is 1. The van der Waals surface area contributed by atoms with E-state index in [1.54, 1.807) is 23.5 Å². The van der Waals surface area contributed by atoms with Crippen LogP contribution in [0.25, 0.3) is 0 Å². The van der Waals surface area contributed by atoms with Gasteiger partial charge in [-0.1, -0.05) is 0 Å². The normalized spacial score (nSPS) is 9.35. The third-order valence-electron chi connectivity index (χ3n) is 1.42. The molecular formula is C10H16N4O3. The molecule has 0 aliphatic rings. The molecule has 0 aromatic carbocycles. The maximum atomic E-state index is 9.26. The third kappa shape index (κ3) is 7.60. The molecule has 0 aliphatic carbocycles. The second-order valence-electron chi connectivity index (χ2n) is 3.13. The van der Waals surface area contributed by atoms with Gasteiger partial charge >= 0.3 is 6.09 Å². The quantitative estimate of drug-likeness (QED) is 0.527. The predicted molar refractivity (Wildman–Crippen MR) is 64.8 cm³/mol. The first-order valence-corrected chi connectivity index (χ1v) is 4.71. The van der Waals surface area contributed by atoms with Crippen molar-refractivity contribution in [1.82, 2.24) is 15.2 Å². The van der Waals surface area contributed by atoms with Crippen molar-refractivity contribution in [2.45, 2.75) is 0 Å². The van der Waals surface area contributed by atoms with Gasteiger partial charge in [-0.05, 0) is 6.07 Å². The fourth-order valence-electron chi connectivity index (χ4n) is 0.666. The van der Waals surface area contributed by atoms with Crippen LogP contribution >= 0.6 is 0 Å². The molecule has 0 radical (unpaired) electrons. The number of carbonyl (C=O) groups is 1. The van der Waals surface area contributed by atoms with Gasteiger partial charge in [0.05, 0.1) is 12.5 Å². The summed E-state index contributed by atoms with van der Waals surface area (Å²) < 4.78 is 0. The zero-order valence-electron chi connectivity index (χ0n) is 9.95. The molecule has 1 aromatic rings. The van der Waals surface area contributed by atoms with E-state index >= 15 is 0 Å².